The van der Waals surface area contributed by atoms with Crippen molar-refractivity contribution < 1.29 is 9.59 Å². The van der Waals surface area contributed by atoms with Gasteiger partial charge < -0.3 is 10.6 Å². The molecule has 0 fully saturated rings. The van der Waals surface area contributed by atoms with Crippen LogP contribution in [0.5, 0.6) is 0 Å². The van der Waals surface area contributed by atoms with Crippen LogP contribution in [0.3, 0.4) is 0 Å². The molecule has 1 aromatic heterocycles. The van der Waals surface area contributed by atoms with Crippen molar-refractivity contribution in [3.63, 3.8) is 0 Å². The third-order valence-corrected chi connectivity index (χ3v) is 3.52. The van der Waals surface area contributed by atoms with Gasteiger partial charge in [-0.15, -0.1) is 0 Å². The minimum absolute atomic E-state index is 0.163. The number of rotatable bonds is 3. The van der Waals surface area contributed by atoms with Crippen LogP contribution in [0.15, 0.2) is 35.0 Å². The standard InChI is InChI=1S/C14H14N2O2S/c1-9-11(14(18)15-2)4-3-5-12(9)16-13(17)10-6-7-19-8-10/h3-8H,1-2H3,(H,15,18)(H,16,17). The number of thiophene rings is 1. The lowest BCUT2D eigenvalue weighted by Crippen LogP contribution is -2.20. The average molecular weight is 274 g/mol. The quantitative estimate of drug-likeness (QED) is 0.904. The van der Waals surface area contributed by atoms with Crippen molar-refractivity contribution in [2.45, 2.75) is 6.92 Å². The van der Waals surface area contributed by atoms with E-state index in [9.17, 15) is 9.59 Å². The van der Waals surface area contributed by atoms with Crippen LogP contribution in [0, 0.1) is 6.92 Å². The monoisotopic (exact) mass is 274 g/mol. The number of nitrogens with one attached hydrogen (secondary N) is 2. The molecule has 2 amide bonds. The molecule has 0 aliphatic rings. The average Bonchev–Trinajstić information content (AvgIpc) is 2.94. The highest BCUT2D eigenvalue weighted by molar-refractivity contribution is 7.08. The summed E-state index contributed by atoms with van der Waals surface area (Å²) in [5, 5.41) is 9.03. The van der Waals surface area contributed by atoms with Crippen molar-refractivity contribution in [1.29, 1.82) is 0 Å². The van der Waals surface area contributed by atoms with Crippen molar-refractivity contribution in [2.24, 2.45) is 0 Å². The Morgan fingerprint density at radius 2 is 1.95 bits per heavy atom. The van der Waals surface area contributed by atoms with E-state index in [-0.39, 0.29) is 11.8 Å². The molecule has 0 saturated heterocycles. The molecule has 0 radical (unpaired) electrons. The molecular weight excluding hydrogens is 260 g/mol. The van der Waals surface area contributed by atoms with Crippen LogP contribution in [0.2, 0.25) is 0 Å². The lowest BCUT2D eigenvalue weighted by Gasteiger charge is -2.11. The van der Waals surface area contributed by atoms with Crippen LogP contribution in [0.1, 0.15) is 26.3 Å². The van der Waals surface area contributed by atoms with Crippen LogP contribution in [-0.2, 0) is 0 Å². The number of anilines is 1. The fourth-order valence-electron chi connectivity index (χ4n) is 1.74. The first-order valence-corrected chi connectivity index (χ1v) is 6.73. The molecule has 0 saturated carbocycles. The molecule has 5 heteroatoms. The van der Waals surface area contributed by atoms with E-state index in [1.807, 2.05) is 12.3 Å². The summed E-state index contributed by atoms with van der Waals surface area (Å²) < 4.78 is 0. The Morgan fingerprint density at radius 3 is 2.58 bits per heavy atom. The van der Waals surface area contributed by atoms with Crippen molar-refractivity contribution in [3.05, 3.63) is 51.7 Å². The molecule has 0 atom stereocenters. The van der Waals surface area contributed by atoms with E-state index < -0.39 is 0 Å². The van der Waals surface area contributed by atoms with E-state index in [4.69, 9.17) is 0 Å². The van der Waals surface area contributed by atoms with Crippen LogP contribution >= 0.6 is 11.3 Å². The molecule has 1 aromatic carbocycles. The second kappa shape index (κ2) is 5.67. The Hall–Kier alpha value is -2.14. The Kier molecular flexibility index (Phi) is 3.97. The van der Waals surface area contributed by atoms with Gasteiger partial charge in [-0.05, 0) is 36.1 Å². The molecule has 0 aliphatic carbocycles. The van der Waals surface area contributed by atoms with Gasteiger partial charge in [0.15, 0.2) is 0 Å². The Labute approximate surface area is 115 Å². The second-order valence-electron chi connectivity index (χ2n) is 4.02. The van der Waals surface area contributed by atoms with Gasteiger partial charge in [-0.1, -0.05) is 6.07 Å². The molecule has 4 nitrogen and oxygen atoms in total. The largest absolute Gasteiger partial charge is 0.355 e. The summed E-state index contributed by atoms with van der Waals surface area (Å²) in [6.07, 6.45) is 0. The van der Waals surface area contributed by atoms with Crippen molar-refractivity contribution in [3.8, 4) is 0 Å². The number of hydrogen-bond acceptors (Lipinski definition) is 3. The van der Waals surface area contributed by atoms with Crippen LogP contribution in [0.4, 0.5) is 5.69 Å². The summed E-state index contributed by atoms with van der Waals surface area (Å²) in [6.45, 7) is 1.81. The van der Waals surface area contributed by atoms with Crippen LogP contribution < -0.4 is 10.6 Å². The molecule has 0 bridgehead atoms. The van der Waals surface area contributed by atoms with Gasteiger partial charge >= 0.3 is 0 Å². The zero-order chi connectivity index (χ0) is 13.8. The summed E-state index contributed by atoms with van der Waals surface area (Å²) in [7, 11) is 1.58. The van der Waals surface area contributed by atoms with E-state index >= 15 is 0 Å². The van der Waals surface area contributed by atoms with Crippen LogP contribution in [0.25, 0.3) is 0 Å². The number of benzene rings is 1. The molecule has 0 unspecified atom stereocenters. The highest BCUT2D eigenvalue weighted by Crippen LogP contribution is 2.20. The lowest BCUT2D eigenvalue weighted by molar-refractivity contribution is 0.0960. The zero-order valence-corrected chi connectivity index (χ0v) is 11.5. The maximum atomic E-state index is 12.0. The molecule has 2 aromatic rings. The zero-order valence-electron chi connectivity index (χ0n) is 10.7. The number of amides is 2. The third-order valence-electron chi connectivity index (χ3n) is 2.84. The second-order valence-corrected chi connectivity index (χ2v) is 4.80. The molecule has 2 rings (SSSR count). The van der Waals surface area contributed by atoms with Crippen molar-refractivity contribution >= 4 is 28.8 Å². The van der Waals surface area contributed by atoms with Gasteiger partial charge in [0.25, 0.3) is 11.8 Å². The fraction of sp³-hybridized carbons (Fsp3) is 0.143. The smallest absolute Gasteiger partial charge is 0.256 e. The molecular formula is C14H14N2O2S. The molecule has 19 heavy (non-hydrogen) atoms. The first kappa shape index (κ1) is 13.3. The van der Waals surface area contributed by atoms with E-state index in [0.717, 1.165) is 5.56 Å². The van der Waals surface area contributed by atoms with Crippen molar-refractivity contribution in [2.75, 3.05) is 12.4 Å². The highest BCUT2D eigenvalue weighted by atomic mass is 32.1. The summed E-state index contributed by atoms with van der Waals surface area (Å²) in [5.74, 6) is -0.331. The van der Waals surface area contributed by atoms with E-state index in [1.54, 1.807) is 36.7 Å². The topological polar surface area (TPSA) is 58.2 Å². The predicted octanol–water partition coefficient (Wildman–Crippen LogP) is 2.67. The maximum absolute atomic E-state index is 12.0. The summed E-state index contributed by atoms with van der Waals surface area (Å²) in [5.41, 5.74) is 2.59. The first-order valence-electron chi connectivity index (χ1n) is 5.78. The van der Waals surface area contributed by atoms with Gasteiger partial charge in [0.1, 0.15) is 0 Å². The molecule has 1 heterocycles. The highest BCUT2D eigenvalue weighted by Gasteiger charge is 2.12. The summed E-state index contributed by atoms with van der Waals surface area (Å²) in [6, 6.07) is 7.03. The van der Waals surface area contributed by atoms with Gasteiger partial charge in [0.2, 0.25) is 0 Å². The van der Waals surface area contributed by atoms with Crippen LogP contribution in [-0.4, -0.2) is 18.9 Å². The Morgan fingerprint density at radius 1 is 1.16 bits per heavy atom. The summed E-state index contributed by atoms with van der Waals surface area (Å²) in [4.78, 5) is 23.7. The predicted molar refractivity (Wildman–Crippen MR) is 76.8 cm³/mol. The van der Waals surface area contributed by atoms with E-state index in [2.05, 4.69) is 10.6 Å². The minimum atomic E-state index is -0.168. The van der Waals surface area contributed by atoms with Crippen molar-refractivity contribution in [1.82, 2.24) is 5.32 Å². The van der Waals surface area contributed by atoms with Gasteiger partial charge in [0, 0.05) is 23.7 Å². The molecule has 0 aliphatic heterocycles. The van der Waals surface area contributed by atoms with Gasteiger partial charge in [-0.25, -0.2) is 0 Å². The Bertz CT molecular complexity index is 606. The fourth-order valence-corrected chi connectivity index (χ4v) is 2.38. The first-order chi connectivity index (χ1) is 9.13. The number of hydrogen-bond donors (Lipinski definition) is 2. The maximum Gasteiger partial charge on any atom is 0.256 e. The number of carbonyl (C=O) groups is 2. The molecule has 2 N–H and O–H groups in total. The van der Waals surface area contributed by atoms with E-state index in [1.165, 1.54) is 11.3 Å². The van der Waals surface area contributed by atoms with E-state index in [0.29, 0.717) is 16.8 Å². The minimum Gasteiger partial charge on any atom is -0.355 e. The molecule has 0 spiro atoms. The summed E-state index contributed by atoms with van der Waals surface area (Å²) >= 11 is 1.47. The lowest BCUT2D eigenvalue weighted by atomic mass is 10.1. The number of carbonyl (C=O) groups excluding carboxylic acids is 2. The van der Waals surface area contributed by atoms with Gasteiger partial charge in [-0.3, -0.25) is 9.59 Å². The normalized spacial score (nSPS) is 10.0. The Balaban J connectivity index is 2.26. The molecule has 98 valence electrons. The SMILES string of the molecule is CNC(=O)c1cccc(NC(=O)c2ccsc2)c1C. The van der Waals surface area contributed by atoms with Gasteiger partial charge in [-0.2, -0.15) is 11.3 Å². The van der Waals surface area contributed by atoms with Gasteiger partial charge in [0.05, 0.1) is 5.56 Å². The third kappa shape index (κ3) is 2.82.